The summed E-state index contributed by atoms with van der Waals surface area (Å²) in [6.07, 6.45) is 6.63. The van der Waals surface area contributed by atoms with Crippen molar-refractivity contribution in [3.05, 3.63) is 41.4 Å². The van der Waals surface area contributed by atoms with Crippen LogP contribution in [0.15, 0.2) is 40.1 Å². The van der Waals surface area contributed by atoms with Gasteiger partial charge < -0.3 is 10.2 Å². The van der Waals surface area contributed by atoms with Crippen LogP contribution in [-0.4, -0.2) is 49.3 Å². The van der Waals surface area contributed by atoms with Crippen LogP contribution >= 0.6 is 11.3 Å². The average Bonchev–Trinajstić information content (AvgIpc) is 3.45. The van der Waals surface area contributed by atoms with Crippen LogP contribution in [0.25, 0.3) is 0 Å². The molecule has 2 saturated heterocycles. The van der Waals surface area contributed by atoms with Gasteiger partial charge in [-0.2, -0.15) is 4.31 Å². The molecule has 0 saturated carbocycles. The van der Waals surface area contributed by atoms with Crippen LogP contribution in [0.1, 0.15) is 37.7 Å². The summed E-state index contributed by atoms with van der Waals surface area (Å²) in [5.74, 6) is 0.707. The average molecular weight is 435 g/mol. The van der Waals surface area contributed by atoms with E-state index >= 15 is 0 Å². The van der Waals surface area contributed by atoms with Crippen molar-refractivity contribution in [3.8, 4) is 0 Å². The topological polar surface area (TPSA) is 82.6 Å². The zero-order chi connectivity index (χ0) is 20.3. The Balaban J connectivity index is 1.40. The van der Waals surface area contributed by atoms with Crippen molar-refractivity contribution in [2.45, 2.75) is 48.9 Å². The van der Waals surface area contributed by atoms with Gasteiger partial charge in [0.2, 0.25) is 5.91 Å². The fourth-order valence-corrected chi connectivity index (χ4v) is 6.77. The Morgan fingerprint density at radius 2 is 2.00 bits per heavy atom. The molecule has 1 N–H and O–H groups in total. The van der Waals surface area contributed by atoms with E-state index < -0.39 is 16.1 Å². The van der Waals surface area contributed by atoms with Crippen molar-refractivity contribution in [2.75, 3.05) is 24.5 Å². The summed E-state index contributed by atoms with van der Waals surface area (Å²) in [5, 5.41) is 4.67. The highest BCUT2D eigenvalue weighted by atomic mass is 32.2. The van der Waals surface area contributed by atoms with Crippen LogP contribution < -0.4 is 10.2 Å². The molecule has 2 aliphatic heterocycles. The van der Waals surface area contributed by atoms with Crippen LogP contribution in [0.3, 0.4) is 0 Å². The lowest BCUT2D eigenvalue weighted by atomic mass is 10.1. The number of carbonyl (C=O) groups is 1. The molecule has 29 heavy (non-hydrogen) atoms. The van der Waals surface area contributed by atoms with Gasteiger partial charge in [0.15, 0.2) is 0 Å². The maximum Gasteiger partial charge on any atom is 0.253 e. The molecular formula is C20H26N4O3S2. The monoisotopic (exact) mass is 434 g/mol. The number of hydrogen-bond donors (Lipinski definition) is 1. The fourth-order valence-electron chi connectivity index (χ4n) is 3.99. The lowest BCUT2D eigenvalue weighted by Crippen LogP contribution is -2.45. The predicted molar refractivity (Wildman–Crippen MR) is 113 cm³/mol. The summed E-state index contributed by atoms with van der Waals surface area (Å²) in [4.78, 5) is 19.5. The summed E-state index contributed by atoms with van der Waals surface area (Å²) in [6, 6.07) is 6.56. The first kappa shape index (κ1) is 20.3. The van der Waals surface area contributed by atoms with E-state index in [0.717, 1.165) is 24.5 Å². The predicted octanol–water partition coefficient (Wildman–Crippen LogP) is 2.60. The molecule has 2 aliphatic rings. The van der Waals surface area contributed by atoms with Crippen LogP contribution in [0.2, 0.25) is 0 Å². The first-order valence-electron chi connectivity index (χ1n) is 10.1. The summed E-state index contributed by atoms with van der Waals surface area (Å²) in [6.45, 7) is 2.78. The zero-order valence-electron chi connectivity index (χ0n) is 16.3. The molecule has 156 valence electrons. The first-order chi connectivity index (χ1) is 14.1. The number of amides is 1. The van der Waals surface area contributed by atoms with Crippen LogP contribution in [0.4, 0.5) is 5.82 Å². The molecule has 7 nitrogen and oxygen atoms in total. The quantitative estimate of drug-likeness (QED) is 0.756. The molecular weight excluding hydrogens is 408 g/mol. The van der Waals surface area contributed by atoms with Crippen LogP contribution in [-0.2, 0) is 21.4 Å². The van der Waals surface area contributed by atoms with Crippen molar-refractivity contribution in [3.63, 3.8) is 0 Å². The van der Waals surface area contributed by atoms with E-state index in [2.05, 4.69) is 15.2 Å². The highest BCUT2D eigenvalue weighted by Crippen LogP contribution is 2.28. The SMILES string of the molecule is O=C(NCc1ccnc(N2CCCCC2)c1)C1CCCN1S(=O)(=O)c1cccs1. The van der Waals surface area contributed by atoms with E-state index in [4.69, 9.17) is 0 Å². The summed E-state index contributed by atoms with van der Waals surface area (Å²) in [5.41, 5.74) is 0.972. The second-order valence-corrected chi connectivity index (χ2v) is 10.6. The van der Waals surface area contributed by atoms with Gasteiger partial charge in [0.1, 0.15) is 16.1 Å². The van der Waals surface area contributed by atoms with Crippen molar-refractivity contribution in [1.29, 1.82) is 0 Å². The number of hydrogen-bond acceptors (Lipinski definition) is 6. The van der Waals surface area contributed by atoms with E-state index in [-0.39, 0.29) is 10.1 Å². The molecule has 0 aliphatic carbocycles. The summed E-state index contributed by atoms with van der Waals surface area (Å²) >= 11 is 1.18. The number of nitrogens with zero attached hydrogens (tertiary/aromatic N) is 3. The van der Waals surface area contributed by atoms with Gasteiger partial charge >= 0.3 is 0 Å². The van der Waals surface area contributed by atoms with Crippen LogP contribution in [0.5, 0.6) is 0 Å². The second-order valence-electron chi connectivity index (χ2n) is 7.49. The Morgan fingerprint density at radius 1 is 1.17 bits per heavy atom. The zero-order valence-corrected chi connectivity index (χ0v) is 17.9. The van der Waals surface area contributed by atoms with Gasteiger partial charge in [0.25, 0.3) is 10.0 Å². The summed E-state index contributed by atoms with van der Waals surface area (Å²) in [7, 11) is -3.62. The molecule has 0 aromatic carbocycles. The van der Waals surface area contributed by atoms with E-state index in [1.807, 2.05) is 12.1 Å². The Morgan fingerprint density at radius 3 is 2.76 bits per heavy atom. The van der Waals surface area contributed by atoms with E-state index in [9.17, 15) is 13.2 Å². The fraction of sp³-hybridized carbons (Fsp3) is 0.500. The Bertz CT molecular complexity index is 940. The number of thiophene rings is 1. The van der Waals surface area contributed by atoms with Gasteiger partial charge in [-0.1, -0.05) is 6.07 Å². The molecule has 4 heterocycles. The molecule has 0 spiro atoms. The summed E-state index contributed by atoms with van der Waals surface area (Å²) < 4.78 is 27.3. The number of rotatable bonds is 6. The minimum absolute atomic E-state index is 0.237. The molecule has 1 amide bonds. The maximum atomic E-state index is 12.8. The first-order valence-corrected chi connectivity index (χ1v) is 12.4. The number of sulfonamides is 1. The van der Waals surface area contributed by atoms with Gasteiger partial charge in [0.05, 0.1) is 0 Å². The lowest BCUT2D eigenvalue weighted by molar-refractivity contribution is -0.124. The Labute approximate surface area is 175 Å². The number of anilines is 1. The highest BCUT2D eigenvalue weighted by molar-refractivity contribution is 7.91. The number of nitrogens with one attached hydrogen (secondary N) is 1. The normalized spacial score (nSPS) is 20.7. The Kier molecular flexibility index (Phi) is 6.17. The third-order valence-electron chi connectivity index (χ3n) is 5.52. The standard InChI is InChI=1S/C20H26N4O3S2/c25-20(17-6-4-12-24(17)29(26,27)19-7-5-13-28-19)22-15-16-8-9-21-18(14-16)23-10-2-1-3-11-23/h5,7-9,13-14,17H,1-4,6,10-12,15H2,(H,22,25). The molecule has 0 bridgehead atoms. The molecule has 1 atom stereocenters. The van der Waals surface area contributed by atoms with Crippen molar-refractivity contribution in [2.24, 2.45) is 0 Å². The molecule has 1 unspecified atom stereocenters. The molecule has 2 aromatic heterocycles. The molecule has 9 heteroatoms. The minimum Gasteiger partial charge on any atom is -0.357 e. The number of carbonyl (C=O) groups excluding carboxylic acids is 1. The van der Waals surface area contributed by atoms with Gasteiger partial charge in [-0.15, -0.1) is 11.3 Å². The number of piperidine rings is 1. The van der Waals surface area contributed by atoms with Crippen molar-refractivity contribution >= 4 is 33.1 Å². The second kappa shape index (κ2) is 8.81. The highest BCUT2D eigenvalue weighted by Gasteiger charge is 2.39. The van der Waals surface area contributed by atoms with E-state index in [1.165, 1.54) is 34.9 Å². The van der Waals surface area contributed by atoms with Crippen molar-refractivity contribution in [1.82, 2.24) is 14.6 Å². The number of pyridine rings is 1. The molecule has 0 radical (unpaired) electrons. The molecule has 4 rings (SSSR count). The van der Waals surface area contributed by atoms with E-state index in [1.54, 1.807) is 23.7 Å². The largest absolute Gasteiger partial charge is 0.357 e. The Hall–Kier alpha value is -1.97. The van der Waals surface area contributed by atoms with Crippen molar-refractivity contribution < 1.29 is 13.2 Å². The molecule has 2 aromatic rings. The number of aromatic nitrogens is 1. The third-order valence-corrected chi connectivity index (χ3v) is 8.80. The van der Waals surface area contributed by atoms with E-state index in [0.29, 0.717) is 25.9 Å². The lowest BCUT2D eigenvalue weighted by Gasteiger charge is -2.28. The van der Waals surface area contributed by atoms with Gasteiger partial charge in [0, 0.05) is 32.4 Å². The van der Waals surface area contributed by atoms with Crippen LogP contribution in [0, 0.1) is 0 Å². The van der Waals surface area contributed by atoms with Gasteiger partial charge in [-0.25, -0.2) is 13.4 Å². The minimum atomic E-state index is -3.62. The third kappa shape index (κ3) is 4.46. The van der Waals surface area contributed by atoms with Gasteiger partial charge in [-0.3, -0.25) is 4.79 Å². The molecule has 2 fully saturated rings. The van der Waals surface area contributed by atoms with Gasteiger partial charge in [-0.05, 0) is 61.2 Å². The maximum absolute atomic E-state index is 12.8. The smallest absolute Gasteiger partial charge is 0.253 e.